The summed E-state index contributed by atoms with van der Waals surface area (Å²) in [5.74, 6) is 6.23. The van der Waals surface area contributed by atoms with Crippen LogP contribution in [0.3, 0.4) is 0 Å². The normalized spacial score (nSPS) is 23.1. The van der Waals surface area contributed by atoms with Gasteiger partial charge in [0.05, 0.1) is 6.61 Å². The first-order valence-corrected chi connectivity index (χ1v) is 7.65. The second-order valence-electron chi connectivity index (χ2n) is 5.73. The van der Waals surface area contributed by atoms with Crippen molar-refractivity contribution in [1.82, 2.24) is 4.90 Å². The first-order chi connectivity index (χ1) is 9.72. The Morgan fingerprint density at radius 1 is 1.20 bits per heavy atom. The van der Waals surface area contributed by atoms with Gasteiger partial charge >= 0.3 is 0 Å². The average molecular weight is 271 g/mol. The molecule has 1 saturated heterocycles. The lowest BCUT2D eigenvalue weighted by molar-refractivity contribution is 0.0952. The number of rotatable bonds is 3. The first-order valence-electron chi connectivity index (χ1n) is 7.65. The Balaban J connectivity index is 2.14. The highest BCUT2D eigenvalue weighted by molar-refractivity contribution is 5.41. The van der Waals surface area contributed by atoms with Gasteiger partial charge in [0.25, 0.3) is 0 Å². The summed E-state index contributed by atoms with van der Waals surface area (Å²) in [6.07, 6.45) is 4.48. The smallest absolute Gasteiger partial charge is 0.0540 e. The fourth-order valence-corrected chi connectivity index (χ4v) is 2.98. The molecule has 0 amide bonds. The fraction of sp³-hybridized carbons (Fsp3) is 0.556. The van der Waals surface area contributed by atoms with Gasteiger partial charge in [-0.25, -0.2) is 0 Å². The Kier molecular flexibility index (Phi) is 5.64. The minimum Gasteiger partial charge on any atom is -0.395 e. The fourth-order valence-electron chi connectivity index (χ4n) is 2.98. The topological polar surface area (TPSA) is 23.5 Å². The molecule has 0 aliphatic carbocycles. The number of likely N-dealkylation sites (tertiary alicyclic amines) is 1. The van der Waals surface area contributed by atoms with Crippen LogP contribution < -0.4 is 0 Å². The van der Waals surface area contributed by atoms with Gasteiger partial charge in [-0.1, -0.05) is 36.5 Å². The van der Waals surface area contributed by atoms with Crippen molar-refractivity contribution in [2.75, 3.05) is 6.61 Å². The minimum absolute atomic E-state index is 0.134. The SMILES string of the molecule is CC1CCCC(C)N1Cc1ccccc1C#CCCO. The van der Waals surface area contributed by atoms with Crippen molar-refractivity contribution in [1.29, 1.82) is 0 Å². The highest BCUT2D eigenvalue weighted by Crippen LogP contribution is 2.25. The number of hydrogen-bond acceptors (Lipinski definition) is 2. The van der Waals surface area contributed by atoms with Crippen molar-refractivity contribution < 1.29 is 5.11 Å². The molecule has 0 radical (unpaired) electrons. The van der Waals surface area contributed by atoms with Gasteiger partial charge in [-0.3, -0.25) is 4.90 Å². The molecule has 0 saturated carbocycles. The minimum atomic E-state index is 0.134. The van der Waals surface area contributed by atoms with Crippen molar-refractivity contribution in [3.8, 4) is 11.8 Å². The van der Waals surface area contributed by atoms with E-state index in [0.29, 0.717) is 18.5 Å². The summed E-state index contributed by atoms with van der Waals surface area (Å²) in [6, 6.07) is 9.69. The summed E-state index contributed by atoms with van der Waals surface area (Å²) in [6.45, 7) is 5.77. The second-order valence-corrected chi connectivity index (χ2v) is 5.73. The Morgan fingerprint density at radius 2 is 1.90 bits per heavy atom. The summed E-state index contributed by atoms with van der Waals surface area (Å²) in [5.41, 5.74) is 2.41. The van der Waals surface area contributed by atoms with Crippen LogP contribution in [0, 0.1) is 11.8 Å². The molecule has 1 N–H and O–H groups in total. The van der Waals surface area contributed by atoms with Gasteiger partial charge in [0.1, 0.15) is 0 Å². The summed E-state index contributed by atoms with van der Waals surface area (Å²) in [4.78, 5) is 2.59. The zero-order valence-corrected chi connectivity index (χ0v) is 12.6. The van der Waals surface area contributed by atoms with E-state index in [4.69, 9.17) is 5.11 Å². The van der Waals surface area contributed by atoms with E-state index in [0.717, 1.165) is 12.1 Å². The maximum atomic E-state index is 8.83. The van der Waals surface area contributed by atoms with Crippen LogP contribution >= 0.6 is 0 Å². The van der Waals surface area contributed by atoms with E-state index in [1.165, 1.54) is 24.8 Å². The van der Waals surface area contributed by atoms with Crippen LogP contribution in [0.5, 0.6) is 0 Å². The molecule has 2 rings (SSSR count). The standard InChI is InChI=1S/C18H25NO/c1-15-8-7-9-16(2)19(15)14-18-12-4-3-10-17(18)11-5-6-13-20/h3-4,10,12,15-16,20H,6-9,13-14H2,1-2H3. The van der Waals surface area contributed by atoms with Crippen LogP contribution in [-0.4, -0.2) is 28.7 Å². The third-order valence-corrected chi connectivity index (χ3v) is 4.21. The molecule has 2 heteroatoms. The molecule has 1 aliphatic heterocycles. The van der Waals surface area contributed by atoms with E-state index in [9.17, 15) is 0 Å². The molecule has 1 aromatic rings. The third-order valence-electron chi connectivity index (χ3n) is 4.21. The van der Waals surface area contributed by atoms with Gasteiger partial charge in [0.2, 0.25) is 0 Å². The summed E-state index contributed by atoms with van der Waals surface area (Å²) in [5, 5.41) is 8.83. The molecule has 2 atom stereocenters. The lowest BCUT2D eigenvalue weighted by atomic mass is 9.96. The molecule has 108 valence electrons. The van der Waals surface area contributed by atoms with Crippen molar-refractivity contribution in [3.63, 3.8) is 0 Å². The van der Waals surface area contributed by atoms with Crippen molar-refractivity contribution >= 4 is 0 Å². The van der Waals surface area contributed by atoms with E-state index >= 15 is 0 Å². The van der Waals surface area contributed by atoms with Gasteiger partial charge in [-0.15, -0.1) is 0 Å². The maximum Gasteiger partial charge on any atom is 0.0540 e. The van der Waals surface area contributed by atoms with Crippen molar-refractivity contribution in [2.24, 2.45) is 0 Å². The summed E-state index contributed by atoms with van der Waals surface area (Å²) >= 11 is 0. The molecule has 1 aliphatic rings. The number of hydrogen-bond donors (Lipinski definition) is 1. The predicted molar refractivity (Wildman–Crippen MR) is 83.3 cm³/mol. The van der Waals surface area contributed by atoms with Crippen LogP contribution in [0.2, 0.25) is 0 Å². The average Bonchev–Trinajstić information content (AvgIpc) is 2.45. The van der Waals surface area contributed by atoms with E-state index in [-0.39, 0.29) is 6.61 Å². The molecule has 0 bridgehead atoms. The monoisotopic (exact) mass is 271 g/mol. The zero-order chi connectivity index (χ0) is 14.4. The maximum absolute atomic E-state index is 8.83. The molecule has 1 heterocycles. The van der Waals surface area contributed by atoms with Crippen LogP contribution in [0.4, 0.5) is 0 Å². The van der Waals surface area contributed by atoms with Gasteiger partial charge in [-0.2, -0.15) is 0 Å². The second kappa shape index (κ2) is 7.47. The van der Waals surface area contributed by atoms with E-state index in [2.05, 4.69) is 48.8 Å². The molecule has 1 fully saturated rings. The van der Waals surface area contributed by atoms with Crippen LogP contribution in [0.15, 0.2) is 24.3 Å². The van der Waals surface area contributed by atoms with Gasteiger partial charge in [0, 0.05) is 30.6 Å². The van der Waals surface area contributed by atoms with Gasteiger partial charge in [0.15, 0.2) is 0 Å². The van der Waals surface area contributed by atoms with E-state index < -0.39 is 0 Å². The van der Waals surface area contributed by atoms with Crippen molar-refractivity contribution in [2.45, 2.75) is 58.2 Å². The van der Waals surface area contributed by atoms with Gasteiger partial charge in [-0.05, 0) is 38.3 Å². The van der Waals surface area contributed by atoms with Crippen LogP contribution in [0.25, 0.3) is 0 Å². The number of aliphatic hydroxyl groups is 1. The van der Waals surface area contributed by atoms with Crippen LogP contribution in [0.1, 0.15) is 50.7 Å². The molecule has 1 aromatic carbocycles. The van der Waals surface area contributed by atoms with E-state index in [1.54, 1.807) is 0 Å². The summed E-state index contributed by atoms with van der Waals surface area (Å²) < 4.78 is 0. The number of nitrogens with zero attached hydrogens (tertiary/aromatic N) is 1. The lowest BCUT2D eigenvalue weighted by Crippen LogP contribution is -2.43. The Morgan fingerprint density at radius 3 is 2.60 bits per heavy atom. The first kappa shape index (κ1) is 15.1. The van der Waals surface area contributed by atoms with Gasteiger partial charge < -0.3 is 5.11 Å². The zero-order valence-electron chi connectivity index (χ0n) is 12.6. The predicted octanol–water partition coefficient (Wildman–Crippen LogP) is 3.18. The summed E-state index contributed by atoms with van der Waals surface area (Å²) in [7, 11) is 0. The molecule has 2 unspecified atom stereocenters. The van der Waals surface area contributed by atoms with Crippen molar-refractivity contribution in [3.05, 3.63) is 35.4 Å². The number of aliphatic hydroxyl groups excluding tert-OH is 1. The molecular weight excluding hydrogens is 246 g/mol. The molecule has 2 nitrogen and oxygen atoms in total. The lowest BCUT2D eigenvalue weighted by Gasteiger charge is -2.39. The molecule has 20 heavy (non-hydrogen) atoms. The molecular formula is C18H25NO. The number of piperidine rings is 1. The quantitative estimate of drug-likeness (QED) is 0.854. The van der Waals surface area contributed by atoms with Crippen LogP contribution in [-0.2, 0) is 6.54 Å². The molecule has 0 aromatic heterocycles. The Labute approximate surface area is 122 Å². The highest BCUT2D eigenvalue weighted by atomic mass is 16.2. The Hall–Kier alpha value is -1.30. The number of benzene rings is 1. The highest BCUT2D eigenvalue weighted by Gasteiger charge is 2.24. The molecule has 0 spiro atoms. The largest absolute Gasteiger partial charge is 0.395 e. The Bertz CT molecular complexity index is 476. The van der Waals surface area contributed by atoms with E-state index in [1.807, 2.05) is 6.07 Å². The third kappa shape index (κ3) is 3.85.